The van der Waals surface area contributed by atoms with Crippen LogP contribution in [0.5, 0.6) is 5.75 Å². The molecule has 0 bridgehead atoms. The Kier molecular flexibility index (Phi) is 5.91. The molecule has 5 nitrogen and oxygen atoms in total. The zero-order valence-electron chi connectivity index (χ0n) is 17.9. The molecule has 0 N–H and O–H groups in total. The number of nitrogens with zero attached hydrogens (tertiary/aromatic N) is 3. The molecule has 33 heavy (non-hydrogen) atoms. The van der Waals surface area contributed by atoms with E-state index in [1.54, 1.807) is 13.3 Å². The van der Waals surface area contributed by atoms with E-state index in [0.717, 1.165) is 53.6 Å². The standard InChI is InChI=1S/C25H21ClFN3O2S/c1-32-17-13-16-5-2-3-6-18(16)19(14-17)22-21(26)15-20-24(23(22)27)28-33-25(20)30-10-8-29(9-11-30)7-4-12-31/h2-7,12-15H,8-11H2,1H3. The maximum atomic E-state index is 15.9. The number of ether oxygens (including phenoxy) is 1. The summed E-state index contributed by atoms with van der Waals surface area (Å²) in [5, 5.41) is 3.81. The van der Waals surface area contributed by atoms with Crippen LogP contribution in [0, 0.1) is 5.82 Å². The van der Waals surface area contributed by atoms with E-state index in [4.69, 9.17) is 16.3 Å². The number of aromatic nitrogens is 1. The summed E-state index contributed by atoms with van der Waals surface area (Å²) in [7, 11) is 1.59. The number of benzene rings is 3. The third-order valence-corrected chi connectivity index (χ3v) is 7.19. The number of halogens is 2. The van der Waals surface area contributed by atoms with Gasteiger partial charge in [0, 0.05) is 43.3 Å². The number of carbonyl (C=O) groups is 1. The number of hydrogen-bond donors (Lipinski definition) is 0. The van der Waals surface area contributed by atoms with Crippen molar-refractivity contribution in [3.63, 3.8) is 0 Å². The summed E-state index contributed by atoms with van der Waals surface area (Å²) in [5.41, 5.74) is 1.34. The Hall–Kier alpha value is -3.16. The topological polar surface area (TPSA) is 45.7 Å². The van der Waals surface area contributed by atoms with E-state index < -0.39 is 5.82 Å². The van der Waals surface area contributed by atoms with Gasteiger partial charge in [0.25, 0.3) is 0 Å². The second-order valence-corrected chi connectivity index (χ2v) is 8.99. The zero-order chi connectivity index (χ0) is 22.9. The van der Waals surface area contributed by atoms with Crippen molar-refractivity contribution >= 4 is 56.1 Å². The summed E-state index contributed by atoms with van der Waals surface area (Å²) in [6.07, 6.45) is 4.07. The third-order valence-electron chi connectivity index (χ3n) is 5.96. The molecule has 0 atom stereocenters. The summed E-state index contributed by atoms with van der Waals surface area (Å²) in [6, 6.07) is 13.3. The summed E-state index contributed by atoms with van der Waals surface area (Å²) >= 11 is 8.00. The second-order valence-electron chi connectivity index (χ2n) is 7.83. The van der Waals surface area contributed by atoms with Crippen LogP contribution in [0.15, 0.2) is 54.7 Å². The first-order chi connectivity index (χ1) is 16.1. The summed E-state index contributed by atoms with van der Waals surface area (Å²) < 4.78 is 25.8. The highest BCUT2D eigenvalue weighted by molar-refractivity contribution is 7.11. The van der Waals surface area contributed by atoms with Gasteiger partial charge in [0.2, 0.25) is 0 Å². The van der Waals surface area contributed by atoms with Crippen molar-refractivity contribution in [2.45, 2.75) is 0 Å². The highest BCUT2D eigenvalue weighted by atomic mass is 35.5. The van der Waals surface area contributed by atoms with Gasteiger partial charge in [-0.05, 0) is 52.1 Å². The Labute approximate surface area is 199 Å². The molecule has 1 saturated heterocycles. The van der Waals surface area contributed by atoms with Crippen LogP contribution in [0.4, 0.5) is 9.39 Å². The van der Waals surface area contributed by atoms with Crippen molar-refractivity contribution in [1.82, 2.24) is 9.27 Å². The Morgan fingerprint density at radius 3 is 2.67 bits per heavy atom. The Balaban J connectivity index is 1.58. The maximum absolute atomic E-state index is 15.9. The Morgan fingerprint density at radius 2 is 1.91 bits per heavy atom. The number of allylic oxidation sites excluding steroid dienone is 1. The van der Waals surface area contributed by atoms with Gasteiger partial charge in [0.15, 0.2) is 5.82 Å². The molecule has 0 saturated carbocycles. The minimum absolute atomic E-state index is 0.324. The highest BCUT2D eigenvalue weighted by Crippen LogP contribution is 2.43. The second kappa shape index (κ2) is 9.00. The smallest absolute Gasteiger partial charge is 0.159 e. The molecule has 0 aliphatic carbocycles. The van der Waals surface area contributed by atoms with Gasteiger partial charge >= 0.3 is 0 Å². The van der Waals surface area contributed by atoms with Crippen molar-refractivity contribution in [3.05, 3.63) is 65.6 Å². The lowest BCUT2D eigenvalue weighted by Gasteiger charge is -2.34. The van der Waals surface area contributed by atoms with Crippen LogP contribution in [-0.2, 0) is 4.79 Å². The quantitative estimate of drug-likeness (QED) is 0.268. The Morgan fingerprint density at radius 1 is 1.12 bits per heavy atom. The molecule has 8 heteroatoms. The molecule has 1 aliphatic heterocycles. The van der Waals surface area contributed by atoms with Crippen molar-refractivity contribution in [2.24, 2.45) is 0 Å². The summed E-state index contributed by atoms with van der Waals surface area (Å²) in [5.74, 6) is 0.214. The van der Waals surface area contributed by atoms with Crippen molar-refractivity contribution in [3.8, 4) is 16.9 Å². The van der Waals surface area contributed by atoms with Gasteiger partial charge in [-0.25, -0.2) is 4.39 Å². The van der Waals surface area contributed by atoms with Gasteiger partial charge < -0.3 is 14.5 Å². The molecule has 0 unspecified atom stereocenters. The van der Waals surface area contributed by atoms with E-state index in [2.05, 4.69) is 14.2 Å². The maximum Gasteiger partial charge on any atom is 0.159 e. The molecule has 3 aromatic carbocycles. The number of aldehydes is 1. The van der Waals surface area contributed by atoms with Crippen LogP contribution in [0.1, 0.15) is 0 Å². The van der Waals surface area contributed by atoms with Gasteiger partial charge in [-0.2, -0.15) is 4.37 Å². The van der Waals surface area contributed by atoms with E-state index in [-0.39, 0.29) is 0 Å². The van der Waals surface area contributed by atoms with Gasteiger partial charge in [-0.1, -0.05) is 35.9 Å². The van der Waals surface area contributed by atoms with Gasteiger partial charge in [0.05, 0.1) is 12.1 Å². The van der Waals surface area contributed by atoms with Crippen LogP contribution < -0.4 is 9.64 Å². The number of anilines is 1. The molecule has 1 fully saturated rings. The predicted molar refractivity (Wildman–Crippen MR) is 133 cm³/mol. The molecule has 1 aliphatic rings. The highest BCUT2D eigenvalue weighted by Gasteiger charge is 2.24. The van der Waals surface area contributed by atoms with Crippen molar-refractivity contribution in [1.29, 1.82) is 0 Å². The van der Waals surface area contributed by atoms with Gasteiger partial charge in [0.1, 0.15) is 22.6 Å². The number of methoxy groups -OCH3 is 1. The zero-order valence-corrected chi connectivity index (χ0v) is 19.5. The van der Waals surface area contributed by atoms with Crippen LogP contribution in [0.2, 0.25) is 5.02 Å². The van der Waals surface area contributed by atoms with Gasteiger partial charge in [-0.15, -0.1) is 0 Å². The normalized spacial score (nSPS) is 14.5. The fraction of sp³-hybridized carbons (Fsp3) is 0.200. The molecular weight excluding hydrogens is 461 g/mol. The molecule has 168 valence electrons. The molecular formula is C25H21ClFN3O2S. The summed E-state index contributed by atoms with van der Waals surface area (Å²) in [6.45, 7) is 3.05. The van der Waals surface area contributed by atoms with Crippen molar-refractivity contribution < 1.29 is 13.9 Å². The van der Waals surface area contributed by atoms with Crippen LogP contribution in [0.25, 0.3) is 32.8 Å². The van der Waals surface area contributed by atoms with Crippen LogP contribution in [0.3, 0.4) is 0 Å². The molecule has 4 aromatic rings. The average Bonchev–Trinajstić information content (AvgIpc) is 3.26. The SMILES string of the molecule is COc1cc(-c2c(Cl)cc3c(N4CCN(C=CC=O)CC4)snc3c2F)c2ccccc2c1. The average molecular weight is 482 g/mol. The fourth-order valence-electron chi connectivity index (χ4n) is 4.31. The van der Waals surface area contributed by atoms with E-state index in [1.807, 2.05) is 42.5 Å². The molecule has 1 aromatic heterocycles. The lowest BCUT2D eigenvalue weighted by atomic mass is 9.96. The molecule has 0 radical (unpaired) electrons. The van der Waals surface area contributed by atoms with E-state index in [9.17, 15) is 4.79 Å². The lowest BCUT2D eigenvalue weighted by molar-refractivity contribution is -0.104. The largest absolute Gasteiger partial charge is 0.497 e. The number of carbonyl (C=O) groups excluding carboxylic acids is 1. The summed E-state index contributed by atoms with van der Waals surface area (Å²) in [4.78, 5) is 14.8. The molecule has 0 spiro atoms. The molecule has 5 rings (SSSR count). The Bertz CT molecular complexity index is 1380. The first-order valence-electron chi connectivity index (χ1n) is 10.6. The van der Waals surface area contributed by atoms with E-state index in [0.29, 0.717) is 27.4 Å². The van der Waals surface area contributed by atoms with Crippen LogP contribution >= 0.6 is 23.1 Å². The monoisotopic (exact) mass is 481 g/mol. The minimum Gasteiger partial charge on any atom is -0.497 e. The first kappa shape index (κ1) is 21.7. The van der Waals surface area contributed by atoms with E-state index >= 15 is 4.39 Å². The minimum atomic E-state index is -0.425. The predicted octanol–water partition coefficient (Wildman–Crippen LogP) is 5.75. The molecule has 2 heterocycles. The van der Waals surface area contributed by atoms with Crippen LogP contribution in [-0.4, -0.2) is 48.8 Å². The third kappa shape index (κ3) is 3.92. The molecule has 0 amide bonds. The van der Waals surface area contributed by atoms with E-state index in [1.165, 1.54) is 17.6 Å². The fourth-order valence-corrected chi connectivity index (χ4v) is 5.51. The first-order valence-corrected chi connectivity index (χ1v) is 11.7. The number of hydrogen-bond acceptors (Lipinski definition) is 6. The number of fused-ring (bicyclic) bond motifs is 2. The number of rotatable bonds is 5. The van der Waals surface area contributed by atoms with Gasteiger partial charge in [-0.3, -0.25) is 4.79 Å². The van der Waals surface area contributed by atoms with Crippen molar-refractivity contribution in [2.75, 3.05) is 38.2 Å². The number of piperazine rings is 1. The lowest BCUT2D eigenvalue weighted by Crippen LogP contribution is -2.43.